The van der Waals surface area contributed by atoms with Gasteiger partial charge in [-0.25, -0.2) is 0 Å². The van der Waals surface area contributed by atoms with Gasteiger partial charge in [-0.1, -0.05) is 12.7 Å². The van der Waals surface area contributed by atoms with Crippen molar-refractivity contribution in [2.24, 2.45) is 5.73 Å². The summed E-state index contributed by atoms with van der Waals surface area (Å²) in [6.45, 7) is 4.91. The maximum atomic E-state index is 9.22. The van der Waals surface area contributed by atoms with Crippen molar-refractivity contribution in [3.05, 3.63) is 36.7 Å². The molecule has 0 aliphatic heterocycles. The highest BCUT2D eigenvalue weighted by Crippen LogP contribution is 1.94. The largest absolute Gasteiger partial charge is 0.370 e. The third kappa shape index (κ3) is 6.48. The molecule has 3 nitrogen and oxygen atoms in total. The summed E-state index contributed by atoms with van der Waals surface area (Å²) in [6.07, 6.45) is 5.29. The number of rotatable bonds is 1. The lowest BCUT2D eigenvalue weighted by Crippen LogP contribution is -2.01. The molecule has 0 spiro atoms. The van der Waals surface area contributed by atoms with Gasteiger partial charge in [0.1, 0.15) is 0 Å². The van der Waals surface area contributed by atoms with Crippen LogP contribution in [0.4, 0.5) is 0 Å². The van der Waals surface area contributed by atoms with Crippen LogP contribution in [0.25, 0.3) is 6.08 Å². The molecule has 2 N–H and O–H groups in total. The zero-order valence-electron chi connectivity index (χ0n) is 7.03. The minimum atomic E-state index is -0.333. The van der Waals surface area contributed by atoms with Crippen LogP contribution in [-0.2, 0) is 4.79 Å². The van der Waals surface area contributed by atoms with Crippen molar-refractivity contribution >= 4 is 12.0 Å². The van der Waals surface area contributed by atoms with Crippen molar-refractivity contribution in [1.82, 2.24) is 4.98 Å². The number of carbonyl (C=O) groups excluding carboxylic acids is 1. The summed E-state index contributed by atoms with van der Waals surface area (Å²) in [6, 6.07) is 3.82. The maximum absolute atomic E-state index is 9.22. The molecule has 0 aliphatic carbocycles. The molecule has 0 radical (unpaired) electrons. The molecule has 1 aromatic rings. The SMILES string of the molecule is C=Cc1ccncc1.CC(N)=O. The quantitative estimate of drug-likeness (QED) is 0.678. The Morgan fingerprint density at radius 1 is 1.58 bits per heavy atom. The molecule has 0 fully saturated rings. The van der Waals surface area contributed by atoms with Gasteiger partial charge >= 0.3 is 0 Å². The van der Waals surface area contributed by atoms with E-state index in [0.29, 0.717) is 0 Å². The molecule has 0 aliphatic rings. The highest BCUT2D eigenvalue weighted by molar-refractivity contribution is 5.70. The standard InChI is InChI=1S/C7H7N.C2H5NO/c1-2-7-3-5-8-6-4-7;1-2(3)4/h2-6H,1H2;1H3,(H2,3,4). The minimum Gasteiger partial charge on any atom is -0.370 e. The predicted molar refractivity (Wildman–Crippen MR) is 49.2 cm³/mol. The summed E-state index contributed by atoms with van der Waals surface area (Å²) < 4.78 is 0. The Morgan fingerprint density at radius 3 is 2.25 bits per heavy atom. The number of amides is 1. The first-order valence-corrected chi connectivity index (χ1v) is 3.45. The van der Waals surface area contributed by atoms with E-state index in [1.807, 2.05) is 12.1 Å². The smallest absolute Gasteiger partial charge is 0.214 e. The third-order valence-corrected chi connectivity index (χ3v) is 0.942. The molecule has 0 saturated heterocycles. The van der Waals surface area contributed by atoms with Crippen molar-refractivity contribution in [2.75, 3.05) is 0 Å². The Morgan fingerprint density at radius 2 is 2.00 bits per heavy atom. The summed E-state index contributed by atoms with van der Waals surface area (Å²) in [7, 11) is 0. The molecule has 0 bridgehead atoms. The second-order valence-electron chi connectivity index (χ2n) is 2.10. The van der Waals surface area contributed by atoms with Gasteiger partial charge in [-0.05, 0) is 17.7 Å². The number of pyridine rings is 1. The van der Waals surface area contributed by atoms with Crippen LogP contribution in [0.1, 0.15) is 12.5 Å². The predicted octanol–water partition coefficient (Wildman–Crippen LogP) is 1.22. The zero-order valence-corrected chi connectivity index (χ0v) is 7.03. The van der Waals surface area contributed by atoms with Crippen LogP contribution in [0.5, 0.6) is 0 Å². The van der Waals surface area contributed by atoms with Crippen LogP contribution < -0.4 is 5.73 Å². The van der Waals surface area contributed by atoms with E-state index >= 15 is 0 Å². The first-order chi connectivity index (χ1) is 5.66. The lowest BCUT2D eigenvalue weighted by molar-refractivity contribution is -0.115. The fourth-order valence-electron chi connectivity index (χ4n) is 0.500. The van der Waals surface area contributed by atoms with Crippen LogP contribution in [0.3, 0.4) is 0 Å². The maximum Gasteiger partial charge on any atom is 0.214 e. The summed E-state index contributed by atoms with van der Waals surface area (Å²) >= 11 is 0. The highest BCUT2D eigenvalue weighted by Gasteiger charge is 1.76. The number of primary amides is 1. The van der Waals surface area contributed by atoms with E-state index in [1.54, 1.807) is 18.5 Å². The van der Waals surface area contributed by atoms with Crippen LogP contribution >= 0.6 is 0 Å². The van der Waals surface area contributed by atoms with Gasteiger partial charge in [0.25, 0.3) is 0 Å². The molecule has 0 atom stereocenters. The molecule has 0 unspecified atom stereocenters. The third-order valence-electron chi connectivity index (χ3n) is 0.942. The summed E-state index contributed by atoms with van der Waals surface area (Å²) in [5.74, 6) is -0.333. The van der Waals surface area contributed by atoms with E-state index in [2.05, 4.69) is 17.3 Å². The molecular weight excluding hydrogens is 152 g/mol. The van der Waals surface area contributed by atoms with Gasteiger partial charge in [-0.3, -0.25) is 9.78 Å². The van der Waals surface area contributed by atoms with E-state index in [0.717, 1.165) is 5.56 Å². The van der Waals surface area contributed by atoms with E-state index < -0.39 is 0 Å². The van der Waals surface area contributed by atoms with Crippen LogP contribution in [0.15, 0.2) is 31.1 Å². The lowest BCUT2D eigenvalue weighted by Gasteiger charge is -1.84. The fraction of sp³-hybridized carbons (Fsp3) is 0.111. The number of aromatic nitrogens is 1. The van der Waals surface area contributed by atoms with Crippen molar-refractivity contribution in [3.63, 3.8) is 0 Å². The molecule has 0 saturated carbocycles. The van der Waals surface area contributed by atoms with Gasteiger partial charge in [0, 0.05) is 19.3 Å². The van der Waals surface area contributed by atoms with Gasteiger partial charge in [0.05, 0.1) is 0 Å². The lowest BCUT2D eigenvalue weighted by atomic mass is 10.3. The van der Waals surface area contributed by atoms with Gasteiger partial charge in [-0.2, -0.15) is 0 Å². The first-order valence-electron chi connectivity index (χ1n) is 3.45. The molecule has 12 heavy (non-hydrogen) atoms. The first kappa shape index (κ1) is 10.4. The summed E-state index contributed by atoms with van der Waals surface area (Å²) in [5.41, 5.74) is 5.58. The normalized spacial score (nSPS) is 7.75. The van der Waals surface area contributed by atoms with Crippen LogP contribution in [0.2, 0.25) is 0 Å². The number of hydrogen-bond donors (Lipinski definition) is 1. The summed E-state index contributed by atoms with van der Waals surface area (Å²) in [5, 5.41) is 0. The fourth-order valence-corrected chi connectivity index (χ4v) is 0.500. The number of carbonyl (C=O) groups is 1. The molecule has 1 amide bonds. The summed E-state index contributed by atoms with van der Waals surface area (Å²) in [4.78, 5) is 13.1. The average Bonchev–Trinajstić information content (AvgIpc) is 2.05. The number of nitrogens with two attached hydrogens (primary N) is 1. The van der Waals surface area contributed by atoms with Crippen molar-refractivity contribution in [2.45, 2.75) is 6.92 Å². The minimum absolute atomic E-state index is 0.333. The van der Waals surface area contributed by atoms with E-state index in [1.165, 1.54) is 6.92 Å². The average molecular weight is 164 g/mol. The van der Waals surface area contributed by atoms with Crippen LogP contribution in [0, 0.1) is 0 Å². The molecule has 64 valence electrons. The Balaban J connectivity index is 0.000000261. The van der Waals surface area contributed by atoms with Gasteiger partial charge in [-0.15, -0.1) is 0 Å². The second kappa shape index (κ2) is 6.09. The Kier molecular flexibility index (Phi) is 5.26. The molecule has 3 heteroatoms. The molecule has 1 aromatic heterocycles. The highest BCUT2D eigenvalue weighted by atomic mass is 16.1. The zero-order chi connectivity index (χ0) is 9.40. The van der Waals surface area contributed by atoms with E-state index in [4.69, 9.17) is 0 Å². The van der Waals surface area contributed by atoms with Crippen molar-refractivity contribution in [3.8, 4) is 0 Å². The Bertz CT molecular complexity index is 240. The number of nitrogens with zero attached hydrogens (tertiary/aromatic N) is 1. The van der Waals surface area contributed by atoms with Crippen molar-refractivity contribution in [1.29, 1.82) is 0 Å². The Labute approximate surface area is 71.9 Å². The van der Waals surface area contributed by atoms with Crippen LogP contribution in [-0.4, -0.2) is 10.9 Å². The molecule has 0 aromatic carbocycles. The van der Waals surface area contributed by atoms with Crippen molar-refractivity contribution < 1.29 is 4.79 Å². The Hall–Kier alpha value is -1.64. The van der Waals surface area contributed by atoms with Gasteiger partial charge < -0.3 is 5.73 Å². The molecule has 1 heterocycles. The molecular formula is C9H12N2O. The monoisotopic (exact) mass is 164 g/mol. The molecule has 1 rings (SSSR count). The van der Waals surface area contributed by atoms with Gasteiger partial charge in [0.15, 0.2) is 0 Å². The van der Waals surface area contributed by atoms with E-state index in [-0.39, 0.29) is 5.91 Å². The number of hydrogen-bond acceptors (Lipinski definition) is 2. The van der Waals surface area contributed by atoms with E-state index in [9.17, 15) is 4.79 Å². The topological polar surface area (TPSA) is 56.0 Å². The second-order valence-corrected chi connectivity index (χ2v) is 2.10. The van der Waals surface area contributed by atoms with Gasteiger partial charge in [0.2, 0.25) is 5.91 Å².